The highest BCUT2D eigenvalue weighted by atomic mass is 16.5. The topological polar surface area (TPSA) is 189 Å². The van der Waals surface area contributed by atoms with Crippen LogP contribution in [0, 0.1) is 11.8 Å². The molecule has 42 heavy (non-hydrogen) atoms. The highest BCUT2D eigenvalue weighted by Gasteiger charge is 2.63. The van der Waals surface area contributed by atoms with E-state index in [-0.39, 0.29) is 29.7 Å². The predicted octanol–water partition coefficient (Wildman–Crippen LogP) is 1.81. The zero-order chi connectivity index (χ0) is 30.8. The Kier molecular flexibility index (Phi) is 6.94. The van der Waals surface area contributed by atoms with Crippen molar-refractivity contribution in [3.05, 3.63) is 58.1 Å². The lowest BCUT2D eigenvalue weighted by atomic mass is 9.58. The average molecular weight is 581 g/mol. The highest BCUT2D eigenvalue weighted by molar-refractivity contribution is 6.24. The van der Waals surface area contributed by atoms with Gasteiger partial charge < -0.3 is 40.4 Å². The maximum atomic E-state index is 14.0. The molecule has 0 unspecified atom stereocenters. The number of likely N-dealkylation sites (N-methyl/N-ethyl adjacent to an activating group) is 1. The fourth-order valence-electron chi connectivity index (χ4n) is 6.76. The van der Waals surface area contributed by atoms with Crippen LogP contribution in [0.3, 0.4) is 0 Å². The third-order valence-corrected chi connectivity index (χ3v) is 8.58. The Balaban J connectivity index is 1.72. The maximum Gasteiger partial charge on any atom is 0.255 e. The van der Waals surface area contributed by atoms with Gasteiger partial charge in [-0.05, 0) is 67.7 Å². The molecule has 0 saturated heterocycles. The molecule has 12 heteroatoms. The van der Waals surface area contributed by atoms with Crippen LogP contribution in [0.25, 0.3) is 11.1 Å². The van der Waals surface area contributed by atoms with Crippen molar-refractivity contribution in [2.45, 2.75) is 24.5 Å². The van der Waals surface area contributed by atoms with Gasteiger partial charge in [0.2, 0.25) is 11.5 Å². The number of allylic oxidation sites excluding steroid dienone is 1. The van der Waals surface area contributed by atoms with Crippen molar-refractivity contribution in [2.24, 2.45) is 17.6 Å². The van der Waals surface area contributed by atoms with Crippen LogP contribution in [-0.2, 0) is 16.0 Å². The molecule has 0 radical (unpaired) electrons. The molecule has 12 nitrogen and oxygen atoms in total. The van der Waals surface area contributed by atoms with Gasteiger partial charge in [0.05, 0.1) is 32.9 Å². The number of carbonyl (C=O) groups is 3. The number of hydrogen-bond acceptors (Lipinski definition) is 11. The Morgan fingerprint density at radius 1 is 1.02 bits per heavy atom. The number of ether oxygens (including phenoxy) is 3. The number of phenolic OH excluding ortho intramolecular Hbond substituents is 1. The fraction of sp³-hybridized carbons (Fsp3) is 0.367. The molecule has 3 aliphatic rings. The number of rotatable bonds is 6. The average Bonchev–Trinajstić information content (AvgIpc) is 2.93. The standard InChI is InChI=1S/C30H32N2O10/c1-32(2)23-16-9-13-8-15-14(12-10-18(40-3)26(42-5)19(11-12)41-4)6-7-17(33)21(15)24(34)20(13)27(36)30(16,39)28(37)22(25(23)35)29(31)38/h6-7,10-11,13,16,23,33,35-36,39H,8-9H2,1-5H3,(H2,31,38)/t13-,16-,23-,30-/m1/s1. The van der Waals surface area contributed by atoms with Crippen LogP contribution in [0.15, 0.2) is 46.9 Å². The summed E-state index contributed by atoms with van der Waals surface area (Å²) in [7, 11) is 7.57. The van der Waals surface area contributed by atoms with E-state index in [1.807, 2.05) is 0 Å². The zero-order valence-corrected chi connectivity index (χ0v) is 23.7. The van der Waals surface area contributed by atoms with Crippen molar-refractivity contribution in [1.29, 1.82) is 0 Å². The van der Waals surface area contributed by atoms with Gasteiger partial charge in [-0.25, -0.2) is 0 Å². The summed E-state index contributed by atoms with van der Waals surface area (Å²) in [6.07, 6.45) is 0.116. The lowest BCUT2D eigenvalue weighted by Gasteiger charge is -2.50. The molecule has 0 aliphatic heterocycles. The quantitative estimate of drug-likeness (QED) is 0.313. The predicted molar refractivity (Wildman–Crippen MR) is 149 cm³/mol. The van der Waals surface area contributed by atoms with Gasteiger partial charge in [0.1, 0.15) is 22.8 Å². The molecular weight excluding hydrogens is 548 g/mol. The number of Topliss-reactive ketones (excluding diaryl/α,β-unsaturated/α-hetero) is 2. The molecule has 3 aliphatic carbocycles. The number of ketones is 2. The van der Waals surface area contributed by atoms with Crippen molar-refractivity contribution >= 4 is 17.5 Å². The Morgan fingerprint density at radius 2 is 1.64 bits per heavy atom. The zero-order valence-electron chi connectivity index (χ0n) is 23.7. The first-order valence-corrected chi connectivity index (χ1v) is 13.1. The van der Waals surface area contributed by atoms with Crippen LogP contribution in [0.5, 0.6) is 23.0 Å². The number of hydrogen-bond donors (Lipinski definition) is 5. The molecule has 2 aromatic carbocycles. The molecule has 5 rings (SSSR count). The summed E-state index contributed by atoms with van der Waals surface area (Å²) in [4.78, 5) is 41.1. The second kappa shape index (κ2) is 10.1. The summed E-state index contributed by atoms with van der Waals surface area (Å²) in [5.41, 5.74) is 3.16. The maximum absolute atomic E-state index is 14.0. The largest absolute Gasteiger partial charge is 0.510 e. The Bertz CT molecular complexity index is 1580. The third kappa shape index (κ3) is 3.86. The van der Waals surface area contributed by atoms with E-state index in [4.69, 9.17) is 19.9 Å². The molecule has 1 amide bonds. The summed E-state index contributed by atoms with van der Waals surface area (Å²) in [6, 6.07) is 5.33. The molecule has 0 spiro atoms. The van der Waals surface area contributed by atoms with Crippen LogP contribution in [0.1, 0.15) is 22.3 Å². The first-order valence-electron chi connectivity index (χ1n) is 13.1. The highest BCUT2D eigenvalue weighted by Crippen LogP contribution is 2.53. The van der Waals surface area contributed by atoms with Gasteiger partial charge >= 0.3 is 0 Å². The van der Waals surface area contributed by atoms with Gasteiger partial charge in [-0.15, -0.1) is 0 Å². The van der Waals surface area contributed by atoms with E-state index in [9.17, 15) is 34.8 Å². The number of primary amides is 1. The molecule has 4 atom stereocenters. The minimum absolute atomic E-state index is 0.0177. The van der Waals surface area contributed by atoms with Gasteiger partial charge in [0.15, 0.2) is 22.9 Å². The normalized spacial score (nSPS) is 25.2. The molecule has 222 valence electrons. The van der Waals surface area contributed by atoms with Crippen LogP contribution in [-0.4, -0.2) is 89.9 Å². The minimum Gasteiger partial charge on any atom is -0.510 e. The fourth-order valence-corrected chi connectivity index (χ4v) is 6.76. The van der Waals surface area contributed by atoms with Gasteiger partial charge in [-0.3, -0.25) is 19.3 Å². The number of aliphatic hydroxyl groups excluding tert-OH is 2. The number of aromatic hydroxyl groups is 1. The molecule has 0 fully saturated rings. The van der Waals surface area contributed by atoms with Crippen LogP contribution in [0.2, 0.25) is 0 Å². The summed E-state index contributed by atoms with van der Waals surface area (Å²) in [5, 5.41) is 45.0. The van der Waals surface area contributed by atoms with E-state index in [0.29, 0.717) is 33.9 Å². The summed E-state index contributed by atoms with van der Waals surface area (Å²) in [5.74, 6) is -5.93. The number of amides is 1. The first-order chi connectivity index (χ1) is 19.8. The van der Waals surface area contributed by atoms with E-state index in [1.54, 1.807) is 32.3 Å². The van der Waals surface area contributed by atoms with Crippen molar-refractivity contribution in [3.63, 3.8) is 0 Å². The molecule has 0 bridgehead atoms. The molecule has 0 aromatic heterocycles. The Labute approximate surface area is 241 Å². The minimum atomic E-state index is -2.70. The van der Waals surface area contributed by atoms with Gasteiger partial charge in [0.25, 0.3) is 5.91 Å². The van der Waals surface area contributed by atoms with E-state index >= 15 is 0 Å². The van der Waals surface area contributed by atoms with E-state index in [0.717, 1.165) is 0 Å². The van der Waals surface area contributed by atoms with Crippen LogP contribution >= 0.6 is 0 Å². The Hall–Kier alpha value is -4.55. The van der Waals surface area contributed by atoms with Crippen molar-refractivity contribution in [1.82, 2.24) is 4.90 Å². The van der Waals surface area contributed by atoms with E-state index in [1.165, 1.54) is 32.3 Å². The molecular formula is C30H32N2O10. The number of carbonyl (C=O) groups excluding carboxylic acids is 3. The van der Waals surface area contributed by atoms with E-state index in [2.05, 4.69) is 0 Å². The molecule has 2 aromatic rings. The summed E-state index contributed by atoms with van der Waals surface area (Å²) < 4.78 is 16.4. The summed E-state index contributed by atoms with van der Waals surface area (Å²) >= 11 is 0. The van der Waals surface area contributed by atoms with Crippen molar-refractivity contribution in [3.8, 4) is 34.1 Å². The number of fused-ring (bicyclic) bond motifs is 3. The Morgan fingerprint density at radius 3 is 2.17 bits per heavy atom. The second-order valence-electron chi connectivity index (χ2n) is 10.9. The lowest BCUT2D eigenvalue weighted by Crippen LogP contribution is -2.63. The smallest absolute Gasteiger partial charge is 0.255 e. The number of nitrogens with zero attached hydrogens (tertiary/aromatic N) is 1. The van der Waals surface area contributed by atoms with Crippen LogP contribution < -0.4 is 19.9 Å². The number of benzene rings is 2. The number of aliphatic hydroxyl groups is 3. The number of phenols is 1. The molecule has 6 N–H and O–H groups in total. The van der Waals surface area contributed by atoms with Gasteiger partial charge in [0, 0.05) is 11.5 Å². The van der Waals surface area contributed by atoms with Crippen LogP contribution in [0.4, 0.5) is 0 Å². The first kappa shape index (κ1) is 29.0. The second-order valence-corrected chi connectivity index (χ2v) is 10.9. The third-order valence-electron chi connectivity index (χ3n) is 8.58. The monoisotopic (exact) mass is 580 g/mol. The summed E-state index contributed by atoms with van der Waals surface area (Å²) in [6.45, 7) is 0. The van der Waals surface area contributed by atoms with Crippen molar-refractivity contribution < 1.29 is 49.0 Å². The molecule has 0 saturated carbocycles. The SMILES string of the molecule is COc1cc(-c2ccc(O)c3c2C[C@@H]2C[C@@H]4[C@@H](N(C)C)C(O)=C(C(N)=O)C(=O)[C@]4(O)C(O)=C2C3=O)cc(OC)c1OC. The van der Waals surface area contributed by atoms with Gasteiger partial charge in [-0.2, -0.15) is 0 Å². The lowest BCUT2D eigenvalue weighted by molar-refractivity contribution is -0.148. The molecule has 0 heterocycles. The van der Waals surface area contributed by atoms with Crippen molar-refractivity contribution in [2.75, 3.05) is 35.4 Å². The van der Waals surface area contributed by atoms with Gasteiger partial charge in [-0.1, -0.05) is 6.07 Å². The van der Waals surface area contributed by atoms with E-state index < -0.39 is 58.0 Å². The number of nitrogens with two attached hydrogens (primary N) is 1. The number of methoxy groups -OCH3 is 3.